The van der Waals surface area contributed by atoms with E-state index in [1.807, 2.05) is 25.9 Å². The summed E-state index contributed by atoms with van der Waals surface area (Å²) in [7, 11) is 4.04. The molecule has 0 aromatic rings. The van der Waals surface area contributed by atoms with Crippen molar-refractivity contribution in [3.63, 3.8) is 0 Å². The number of hydrogen-bond acceptors (Lipinski definition) is 5. The van der Waals surface area contributed by atoms with E-state index in [-0.39, 0.29) is 24.2 Å². The molecule has 0 saturated carbocycles. The van der Waals surface area contributed by atoms with Crippen LogP contribution in [0.1, 0.15) is 13.3 Å². The summed E-state index contributed by atoms with van der Waals surface area (Å²) in [5.74, 6) is 0.151. The summed E-state index contributed by atoms with van der Waals surface area (Å²) in [6.45, 7) is 5.85. The largest absolute Gasteiger partial charge is 0.392 e. The first-order valence-corrected chi connectivity index (χ1v) is 7.42. The molecule has 6 heteroatoms. The van der Waals surface area contributed by atoms with Crippen LogP contribution >= 0.6 is 0 Å². The van der Waals surface area contributed by atoms with Gasteiger partial charge in [0.05, 0.1) is 25.4 Å². The number of β-amino-alcohol motifs (C(OH)–C–C–N with tert-alkyl or cyclic N) is 1. The number of likely N-dealkylation sites (N-methyl/N-ethyl adjacent to an activating group) is 1. The molecule has 0 bridgehead atoms. The Bertz CT molecular complexity index is 338. The molecule has 0 radical (unpaired) electrons. The molecule has 2 heterocycles. The Morgan fingerprint density at radius 2 is 2.15 bits per heavy atom. The number of hydrogen-bond donors (Lipinski definition) is 1. The van der Waals surface area contributed by atoms with Crippen molar-refractivity contribution in [3.8, 4) is 0 Å². The van der Waals surface area contributed by atoms with Crippen molar-refractivity contribution in [1.82, 2.24) is 14.7 Å². The zero-order valence-corrected chi connectivity index (χ0v) is 12.8. The maximum Gasteiger partial charge on any atom is 0.236 e. The van der Waals surface area contributed by atoms with Crippen molar-refractivity contribution in [2.75, 3.05) is 53.4 Å². The highest BCUT2D eigenvalue weighted by Gasteiger charge is 2.33. The average Bonchev–Trinajstić information content (AvgIpc) is 2.68. The number of carbonyl (C=O) groups excluding carboxylic acids is 1. The van der Waals surface area contributed by atoms with E-state index in [9.17, 15) is 9.90 Å². The van der Waals surface area contributed by atoms with Gasteiger partial charge in [-0.05, 0) is 27.4 Å². The van der Waals surface area contributed by atoms with Crippen LogP contribution in [0.2, 0.25) is 0 Å². The van der Waals surface area contributed by atoms with Gasteiger partial charge in [-0.15, -0.1) is 0 Å². The van der Waals surface area contributed by atoms with Crippen LogP contribution in [-0.2, 0) is 9.53 Å². The van der Waals surface area contributed by atoms with Crippen LogP contribution in [0.5, 0.6) is 0 Å². The van der Waals surface area contributed by atoms with Crippen LogP contribution in [-0.4, -0.2) is 97.4 Å². The average molecular weight is 285 g/mol. The van der Waals surface area contributed by atoms with Gasteiger partial charge in [0.1, 0.15) is 0 Å². The van der Waals surface area contributed by atoms with Crippen molar-refractivity contribution < 1.29 is 14.6 Å². The van der Waals surface area contributed by atoms with Crippen LogP contribution in [0.4, 0.5) is 0 Å². The second-order valence-corrected chi connectivity index (χ2v) is 6.26. The topological polar surface area (TPSA) is 56.2 Å². The molecule has 0 spiro atoms. The van der Waals surface area contributed by atoms with Gasteiger partial charge in [0.2, 0.25) is 5.91 Å². The first kappa shape index (κ1) is 15.7. The summed E-state index contributed by atoms with van der Waals surface area (Å²) in [5, 5.41) is 9.84. The monoisotopic (exact) mass is 285 g/mol. The summed E-state index contributed by atoms with van der Waals surface area (Å²) in [5.41, 5.74) is 0. The Hall–Kier alpha value is -0.690. The first-order valence-electron chi connectivity index (χ1n) is 7.42. The fourth-order valence-electron chi connectivity index (χ4n) is 3.08. The quantitative estimate of drug-likeness (QED) is 0.735. The van der Waals surface area contributed by atoms with E-state index < -0.39 is 0 Å². The Labute approximate surface area is 121 Å². The van der Waals surface area contributed by atoms with Crippen LogP contribution in [0.3, 0.4) is 0 Å². The van der Waals surface area contributed by atoms with Crippen molar-refractivity contribution in [3.05, 3.63) is 0 Å². The minimum Gasteiger partial charge on any atom is -0.392 e. The third kappa shape index (κ3) is 4.15. The lowest BCUT2D eigenvalue weighted by atomic mass is 10.2. The fourth-order valence-corrected chi connectivity index (χ4v) is 3.08. The van der Waals surface area contributed by atoms with Gasteiger partial charge in [0, 0.05) is 32.2 Å². The lowest BCUT2D eigenvalue weighted by molar-refractivity contribution is -0.139. The Morgan fingerprint density at radius 3 is 2.80 bits per heavy atom. The highest BCUT2D eigenvalue weighted by molar-refractivity contribution is 5.78. The summed E-state index contributed by atoms with van der Waals surface area (Å²) < 4.78 is 5.46. The molecule has 3 atom stereocenters. The number of nitrogens with zero attached hydrogens (tertiary/aromatic N) is 3. The van der Waals surface area contributed by atoms with E-state index >= 15 is 0 Å². The third-order valence-corrected chi connectivity index (χ3v) is 4.01. The molecule has 2 rings (SSSR count). The summed E-state index contributed by atoms with van der Waals surface area (Å²) in [6, 6.07) is 0.266. The molecular weight excluding hydrogens is 258 g/mol. The highest BCUT2D eigenvalue weighted by atomic mass is 16.5. The van der Waals surface area contributed by atoms with Crippen LogP contribution < -0.4 is 0 Å². The van der Waals surface area contributed by atoms with Gasteiger partial charge >= 0.3 is 0 Å². The van der Waals surface area contributed by atoms with Gasteiger partial charge in [-0.1, -0.05) is 0 Å². The smallest absolute Gasteiger partial charge is 0.236 e. The maximum absolute atomic E-state index is 12.4. The second-order valence-electron chi connectivity index (χ2n) is 6.26. The summed E-state index contributed by atoms with van der Waals surface area (Å²) in [4.78, 5) is 18.5. The second kappa shape index (κ2) is 6.85. The van der Waals surface area contributed by atoms with E-state index in [0.717, 1.165) is 13.0 Å². The molecule has 2 aliphatic heterocycles. The van der Waals surface area contributed by atoms with Crippen LogP contribution in [0, 0.1) is 0 Å². The number of likely N-dealkylation sites (tertiary alicyclic amines) is 1. The third-order valence-electron chi connectivity index (χ3n) is 4.01. The minimum atomic E-state index is -0.309. The lowest BCUT2D eigenvalue weighted by Crippen LogP contribution is -2.50. The predicted molar refractivity (Wildman–Crippen MR) is 76.5 cm³/mol. The molecular formula is C14H27N3O3. The number of aliphatic hydroxyl groups is 1. The molecule has 3 unspecified atom stereocenters. The molecule has 2 aliphatic rings. The van der Waals surface area contributed by atoms with E-state index in [4.69, 9.17) is 4.74 Å². The van der Waals surface area contributed by atoms with Gasteiger partial charge in [0.25, 0.3) is 0 Å². The van der Waals surface area contributed by atoms with E-state index in [0.29, 0.717) is 32.8 Å². The highest BCUT2D eigenvalue weighted by Crippen LogP contribution is 2.18. The number of rotatable bonds is 4. The first-order chi connectivity index (χ1) is 9.45. The SMILES string of the molecule is CC1CN(C(=O)CN2CC(O)CC2CN(C)C)CCO1. The molecule has 0 aromatic heterocycles. The van der Waals surface area contributed by atoms with Crippen molar-refractivity contribution in [1.29, 1.82) is 0 Å². The van der Waals surface area contributed by atoms with Gasteiger partial charge in [0.15, 0.2) is 0 Å². The van der Waals surface area contributed by atoms with E-state index in [2.05, 4.69) is 9.80 Å². The lowest BCUT2D eigenvalue weighted by Gasteiger charge is -2.33. The normalized spacial score (nSPS) is 32.0. The molecule has 116 valence electrons. The molecule has 2 fully saturated rings. The molecule has 0 aromatic carbocycles. The molecule has 6 nitrogen and oxygen atoms in total. The Balaban J connectivity index is 1.88. The zero-order valence-electron chi connectivity index (χ0n) is 12.8. The number of carbonyl (C=O) groups is 1. The number of aliphatic hydroxyl groups excluding tert-OH is 1. The van der Waals surface area contributed by atoms with E-state index in [1.165, 1.54) is 0 Å². The number of amides is 1. The summed E-state index contributed by atoms with van der Waals surface area (Å²) in [6.07, 6.45) is 0.566. The van der Waals surface area contributed by atoms with Crippen molar-refractivity contribution >= 4 is 5.91 Å². The van der Waals surface area contributed by atoms with Crippen LogP contribution in [0.25, 0.3) is 0 Å². The fraction of sp³-hybridized carbons (Fsp3) is 0.929. The van der Waals surface area contributed by atoms with Crippen LogP contribution in [0.15, 0.2) is 0 Å². The van der Waals surface area contributed by atoms with E-state index in [1.54, 1.807) is 0 Å². The van der Waals surface area contributed by atoms with Gasteiger partial charge < -0.3 is 19.6 Å². The number of morpholine rings is 1. The molecule has 1 N–H and O–H groups in total. The van der Waals surface area contributed by atoms with Gasteiger partial charge in [-0.3, -0.25) is 9.69 Å². The van der Waals surface area contributed by atoms with Crippen molar-refractivity contribution in [2.24, 2.45) is 0 Å². The minimum absolute atomic E-state index is 0.120. The molecule has 1 amide bonds. The standard InChI is InChI=1S/C14H27N3O3/c1-11-7-16(4-5-20-11)14(19)10-17-9-13(18)6-12(17)8-15(2)3/h11-13,18H,4-10H2,1-3H3. The van der Waals surface area contributed by atoms with Crippen molar-refractivity contribution in [2.45, 2.75) is 31.6 Å². The maximum atomic E-state index is 12.4. The molecule has 2 saturated heterocycles. The molecule has 20 heavy (non-hydrogen) atoms. The predicted octanol–water partition coefficient (Wildman–Crippen LogP) is -0.769. The molecule has 0 aliphatic carbocycles. The zero-order chi connectivity index (χ0) is 14.7. The Morgan fingerprint density at radius 1 is 1.40 bits per heavy atom. The Kier molecular flexibility index (Phi) is 5.37. The number of ether oxygens (including phenoxy) is 1. The summed E-state index contributed by atoms with van der Waals surface area (Å²) >= 11 is 0. The van der Waals surface area contributed by atoms with Gasteiger partial charge in [-0.25, -0.2) is 0 Å². The van der Waals surface area contributed by atoms with Gasteiger partial charge in [-0.2, -0.15) is 0 Å².